The Morgan fingerprint density at radius 1 is 1.44 bits per heavy atom. The van der Waals surface area contributed by atoms with Crippen molar-refractivity contribution >= 4 is 11.9 Å². The van der Waals surface area contributed by atoms with Gasteiger partial charge in [0.15, 0.2) is 0 Å². The molecule has 0 aliphatic heterocycles. The zero-order chi connectivity index (χ0) is 13.0. The molecule has 0 aliphatic carbocycles. The Morgan fingerprint density at radius 2 is 1.94 bits per heavy atom. The molecule has 0 aromatic heterocycles. The number of aliphatic carboxylic acids is 1. The Labute approximate surface area is 95.3 Å². The van der Waals surface area contributed by atoms with Gasteiger partial charge in [-0.05, 0) is 33.6 Å². The number of allylic oxidation sites excluding steroid dienone is 1. The Balaban J connectivity index is 4.84. The lowest BCUT2D eigenvalue weighted by molar-refractivity contribution is -0.169. The van der Waals surface area contributed by atoms with Crippen LogP contribution in [0.1, 0.15) is 33.6 Å². The SMILES string of the molecule is C=CCC[C@](N)(C(=O)O)C(=O)OC(C)(C)C. The van der Waals surface area contributed by atoms with E-state index in [4.69, 9.17) is 15.6 Å². The van der Waals surface area contributed by atoms with E-state index in [2.05, 4.69) is 6.58 Å². The molecule has 1 atom stereocenters. The Morgan fingerprint density at radius 3 is 2.25 bits per heavy atom. The van der Waals surface area contributed by atoms with Gasteiger partial charge in [-0.15, -0.1) is 6.58 Å². The highest BCUT2D eigenvalue weighted by molar-refractivity contribution is 6.03. The molecule has 0 saturated heterocycles. The molecular formula is C11H19NO4. The second-order valence-corrected chi connectivity index (χ2v) is 4.61. The van der Waals surface area contributed by atoms with Gasteiger partial charge in [0.05, 0.1) is 0 Å². The predicted molar refractivity (Wildman–Crippen MR) is 59.8 cm³/mol. The molecule has 0 spiro atoms. The molecule has 0 fully saturated rings. The third-order valence-corrected chi connectivity index (χ3v) is 1.89. The lowest BCUT2D eigenvalue weighted by atomic mass is 9.94. The van der Waals surface area contributed by atoms with Crippen molar-refractivity contribution in [2.24, 2.45) is 5.73 Å². The van der Waals surface area contributed by atoms with Crippen LogP contribution in [-0.4, -0.2) is 28.2 Å². The van der Waals surface area contributed by atoms with Gasteiger partial charge in [-0.25, -0.2) is 9.59 Å². The molecule has 0 rings (SSSR count). The van der Waals surface area contributed by atoms with Crippen LogP contribution in [0, 0.1) is 0 Å². The summed E-state index contributed by atoms with van der Waals surface area (Å²) in [5.41, 5.74) is 2.80. The Bertz CT molecular complexity index is 293. The fraction of sp³-hybridized carbons (Fsp3) is 0.636. The molecule has 0 amide bonds. The molecule has 16 heavy (non-hydrogen) atoms. The van der Waals surface area contributed by atoms with Crippen LogP contribution in [0.15, 0.2) is 12.7 Å². The summed E-state index contributed by atoms with van der Waals surface area (Å²) in [6.07, 6.45) is 1.82. The maximum Gasteiger partial charge on any atom is 0.338 e. The smallest absolute Gasteiger partial charge is 0.338 e. The number of nitrogens with two attached hydrogens (primary N) is 1. The summed E-state index contributed by atoms with van der Waals surface area (Å²) in [5.74, 6) is -2.31. The molecular weight excluding hydrogens is 210 g/mol. The quantitative estimate of drug-likeness (QED) is 0.418. The van der Waals surface area contributed by atoms with Crippen LogP contribution in [0.25, 0.3) is 0 Å². The van der Waals surface area contributed by atoms with Crippen LogP contribution < -0.4 is 5.73 Å². The number of carboxylic acids is 1. The molecule has 0 aliphatic rings. The van der Waals surface area contributed by atoms with Crippen molar-refractivity contribution in [1.82, 2.24) is 0 Å². The van der Waals surface area contributed by atoms with Gasteiger partial charge in [0.2, 0.25) is 5.54 Å². The monoisotopic (exact) mass is 229 g/mol. The summed E-state index contributed by atoms with van der Waals surface area (Å²) in [5, 5.41) is 8.97. The number of carbonyl (C=O) groups is 2. The van der Waals surface area contributed by atoms with Gasteiger partial charge in [-0.1, -0.05) is 6.08 Å². The minimum absolute atomic E-state index is 0.0270. The fourth-order valence-corrected chi connectivity index (χ4v) is 0.995. The second-order valence-electron chi connectivity index (χ2n) is 4.61. The van der Waals surface area contributed by atoms with Crippen molar-refractivity contribution < 1.29 is 19.4 Å². The second kappa shape index (κ2) is 5.12. The third kappa shape index (κ3) is 4.02. The molecule has 0 unspecified atom stereocenters. The number of carboxylic acid groups (broad SMARTS) is 1. The van der Waals surface area contributed by atoms with E-state index < -0.39 is 23.1 Å². The average Bonchev–Trinajstić information content (AvgIpc) is 2.10. The largest absolute Gasteiger partial charge is 0.479 e. The highest BCUT2D eigenvalue weighted by Crippen LogP contribution is 2.17. The molecule has 0 saturated carbocycles. The summed E-state index contributed by atoms with van der Waals surface area (Å²) in [4.78, 5) is 22.7. The van der Waals surface area contributed by atoms with Crippen LogP contribution in [0.3, 0.4) is 0 Å². The van der Waals surface area contributed by atoms with E-state index in [9.17, 15) is 9.59 Å². The van der Waals surface area contributed by atoms with E-state index in [1.807, 2.05) is 0 Å². The van der Waals surface area contributed by atoms with Crippen LogP contribution in [0.4, 0.5) is 0 Å². The topological polar surface area (TPSA) is 89.6 Å². The van der Waals surface area contributed by atoms with Crippen molar-refractivity contribution in [3.63, 3.8) is 0 Å². The van der Waals surface area contributed by atoms with Gasteiger partial charge < -0.3 is 15.6 Å². The van der Waals surface area contributed by atoms with Gasteiger partial charge >= 0.3 is 11.9 Å². The zero-order valence-corrected chi connectivity index (χ0v) is 9.95. The molecule has 0 radical (unpaired) electrons. The Hall–Kier alpha value is -1.36. The molecule has 3 N–H and O–H groups in total. The van der Waals surface area contributed by atoms with Gasteiger partial charge in [0.25, 0.3) is 0 Å². The molecule has 0 aromatic rings. The molecule has 92 valence electrons. The maximum absolute atomic E-state index is 11.7. The summed E-state index contributed by atoms with van der Waals surface area (Å²) in [6.45, 7) is 8.42. The third-order valence-electron chi connectivity index (χ3n) is 1.89. The summed E-state index contributed by atoms with van der Waals surface area (Å²) >= 11 is 0. The number of ether oxygens (including phenoxy) is 1. The Kier molecular flexibility index (Phi) is 4.68. The van der Waals surface area contributed by atoms with Gasteiger partial charge in [-0.2, -0.15) is 0 Å². The van der Waals surface area contributed by atoms with Gasteiger partial charge in [-0.3, -0.25) is 0 Å². The summed E-state index contributed by atoms with van der Waals surface area (Å²) < 4.78 is 4.98. The van der Waals surface area contributed by atoms with Crippen molar-refractivity contribution in [2.45, 2.75) is 44.8 Å². The molecule has 0 heterocycles. The van der Waals surface area contributed by atoms with Gasteiger partial charge in [0, 0.05) is 0 Å². The number of hydrogen-bond acceptors (Lipinski definition) is 4. The fourth-order valence-electron chi connectivity index (χ4n) is 0.995. The minimum atomic E-state index is -2.00. The van der Waals surface area contributed by atoms with Gasteiger partial charge in [0.1, 0.15) is 5.60 Å². The van der Waals surface area contributed by atoms with E-state index in [0.717, 1.165) is 0 Å². The first kappa shape index (κ1) is 14.6. The highest BCUT2D eigenvalue weighted by Gasteiger charge is 2.44. The van der Waals surface area contributed by atoms with E-state index >= 15 is 0 Å². The normalized spacial score (nSPS) is 15.0. The first-order chi connectivity index (χ1) is 7.13. The number of esters is 1. The van der Waals surface area contributed by atoms with Crippen molar-refractivity contribution in [3.8, 4) is 0 Å². The highest BCUT2D eigenvalue weighted by atomic mass is 16.6. The van der Waals surface area contributed by atoms with Crippen molar-refractivity contribution in [1.29, 1.82) is 0 Å². The molecule has 0 aromatic carbocycles. The maximum atomic E-state index is 11.7. The van der Waals surface area contributed by atoms with Crippen molar-refractivity contribution in [2.75, 3.05) is 0 Å². The summed E-state index contributed by atoms with van der Waals surface area (Å²) in [6, 6.07) is 0. The zero-order valence-electron chi connectivity index (χ0n) is 9.95. The van der Waals surface area contributed by atoms with Crippen LogP contribution >= 0.6 is 0 Å². The number of carbonyl (C=O) groups excluding carboxylic acids is 1. The van der Waals surface area contributed by atoms with Crippen molar-refractivity contribution in [3.05, 3.63) is 12.7 Å². The van der Waals surface area contributed by atoms with E-state index in [1.54, 1.807) is 20.8 Å². The number of hydrogen-bond donors (Lipinski definition) is 2. The lowest BCUT2D eigenvalue weighted by Crippen LogP contribution is -2.57. The lowest BCUT2D eigenvalue weighted by Gasteiger charge is -2.27. The standard InChI is InChI=1S/C11H19NO4/c1-5-6-7-11(12,8(13)14)9(15)16-10(2,3)4/h5H,1,6-7,12H2,2-4H3,(H,13,14)/t11-/m0/s1. The van der Waals surface area contributed by atoms with E-state index in [0.29, 0.717) is 6.42 Å². The number of rotatable bonds is 5. The van der Waals surface area contributed by atoms with Crippen LogP contribution in [0.2, 0.25) is 0 Å². The van der Waals surface area contributed by atoms with Crippen LogP contribution in [0.5, 0.6) is 0 Å². The first-order valence-corrected chi connectivity index (χ1v) is 5.00. The first-order valence-electron chi connectivity index (χ1n) is 5.00. The molecule has 5 heteroatoms. The predicted octanol–water partition coefficient (Wildman–Crippen LogP) is 1.08. The van der Waals surface area contributed by atoms with E-state index in [1.165, 1.54) is 6.08 Å². The molecule has 0 bridgehead atoms. The average molecular weight is 229 g/mol. The summed E-state index contributed by atoms with van der Waals surface area (Å²) in [7, 11) is 0. The minimum Gasteiger partial charge on any atom is -0.479 e. The van der Waals surface area contributed by atoms with Crippen LogP contribution in [-0.2, 0) is 14.3 Å². The molecule has 5 nitrogen and oxygen atoms in total. The van der Waals surface area contributed by atoms with E-state index in [-0.39, 0.29) is 6.42 Å².